The Labute approximate surface area is 135 Å². The lowest BCUT2D eigenvalue weighted by atomic mass is 10.3. The topological polar surface area (TPSA) is 68.2 Å². The van der Waals surface area contributed by atoms with Gasteiger partial charge in [0.2, 0.25) is 0 Å². The van der Waals surface area contributed by atoms with Gasteiger partial charge in [-0.1, -0.05) is 30.3 Å². The van der Waals surface area contributed by atoms with Gasteiger partial charge in [-0.25, -0.2) is 4.98 Å². The van der Waals surface area contributed by atoms with Crippen molar-refractivity contribution in [2.24, 2.45) is 10.7 Å². The summed E-state index contributed by atoms with van der Waals surface area (Å²) in [6.45, 7) is 3.60. The van der Waals surface area contributed by atoms with E-state index in [2.05, 4.69) is 25.9 Å². The van der Waals surface area contributed by atoms with Crippen molar-refractivity contribution < 1.29 is 0 Å². The van der Waals surface area contributed by atoms with Gasteiger partial charge in [0.25, 0.3) is 0 Å². The molecule has 3 aromatic rings. The maximum atomic E-state index is 5.91. The maximum Gasteiger partial charge on any atom is 0.193 e. The van der Waals surface area contributed by atoms with Crippen molar-refractivity contribution in [2.45, 2.75) is 19.9 Å². The fourth-order valence-corrected chi connectivity index (χ4v) is 2.62. The van der Waals surface area contributed by atoms with Crippen LogP contribution in [0.2, 0.25) is 0 Å². The number of imidazole rings is 1. The lowest BCUT2D eigenvalue weighted by molar-refractivity contribution is 0.649. The molecule has 1 aromatic heterocycles. The van der Waals surface area contributed by atoms with Gasteiger partial charge in [-0.05, 0) is 37.6 Å². The molecule has 0 amide bonds. The average molecular weight is 307 g/mol. The zero-order valence-electron chi connectivity index (χ0n) is 13.2. The van der Waals surface area contributed by atoms with E-state index in [0.717, 1.165) is 30.0 Å². The van der Waals surface area contributed by atoms with E-state index in [1.165, 1.54) is 5.52 Å². The highest BCUT2D eigenvalue weighted by molar-refractivity contribution is 5.92. The Morgan fingerprint density at radius 3 is 2.70 bits per heavy atom. The summed E-state index contributed by atoms with van der Waals surface area (Å²) >= 11 is 0. The first kappa shape index (κ1) is 15.1. The van der Waals surface area contributed by atoms with Gasteiger partial charge in [-0.2, -0.15) is 0 Å². The number of guanidine groups is 1. The zero-order chi connectivity index (χ0) is 16.1. The number of rotatable bonds is 5. The third-order valence-corrected chi connectivity index (χ3v) is 3.71. The fourth-order valence-electron chi connectivity index (χ4n) is 2.62. The van der Waals surface area contributed by atoms with Gasteiger partial charge >= 0.3 is 0 Å². The fraction of sp³-hybridized carbons (Fsp3) is 0.222. The summed E-state index contributed by atoms with van der Waals surface area (Å²) in [4.78, 5) is 8.95. The molecule has 0 aliphatic rings. The van der Waals surface area contributed by atoms with Crippen LogP contribution in [0.25, 0.3) is 11.0 Å². The van der Waals surface area contributed by atoms with Gasteiger partial charge in [-0.15, -0.1) is 0 Å². The number of aliphatic imine (C=N–C) groups is 1. The molecule has 0 saturated carbocycles. The summed E-state index contributed by atoms with van der Waals surface area (Å²) in [5.41, 5.74) is 9.07. The van der Waals surface area contributed by atoms with Crippen molar-refractivity contribution in [3.05, 3.63) is 60.4 Å². The second-order valence-corrected chi connectivity index (χ2v) is 5.41. The summed E-state index contributed by atoms with van der Waals surface area (Å²) in [5.74, 6) is 1.48. The Balaban J connectivity index is 1.56. The molecule has 1 heterocycles. The quantitative estimate of drug-likeness (QED) is 0.432. The molecular weight excluding hydrogens is 286 g/mol. The summed E-state index contributed by atoms with van der Waals surface area (Å²) in [6, 6.07) is 18.0. The molecule has 0 bridgehead atoms. The van der Waals surface area contributed by atoms with Crippen LogP contribution in [-0.4, -0.2) is 22.1 Å². The zero-order valence-corrected chi connectivity index (χ0v) is 13.2. The minimum atomic E-state index is 0.448. The Bertz CT molecular complexity index is 805. The lowest BCUT2D eigenvalue weighted by Crippen LogP contribution is -2.22. The summed E-state index contributed by atoms with van der Waals surface area (Å²) < 4.78 is 2.23. The predicted octanol–water partition coefficient (Wildman–Crippen LogP) is 3.16. The number of aromatic nitrogens is 2. The van der Waals surface area contributed by atoms with E-state index in [0.29, 0.717) is 12.5 Å². The van der Waals surface area contributed by atoms with E-state index < -0.39 is 0 Å². The molecule has 0 atom stereocenters. The first-order chi connectivity index (χ1) is 11.2. The van der Waals surface area contributed by atoms with Crippen LogP contribution in [-0.2, 0) is 6.54 Å². The molecule has 3 rings (SSSR count). The number of hydrogen-bond donors (Lipinski definition) is 2. The molecular formula is C18H21N5. The molecule has 5 heteroatoms. The third kappa shape index (κ3) is 3.69. The Morgan fingerprint density at radius 2 is 1.87 bits per heavy atom. The van der Waals surface area contributed by atoms with Gasteiger partial charge in [-0.3, -0.25) is 4.99 Å². The molecule has 5 nitrogen and oxygen atoms in total. The number of hydrogen-bond acceptors (Lipinski definition) is 2. The number of anilines is 1. The smallest absolute Gasteiger partial charge is 0.193 e. The molecule has 0 aliphatic heterocycles. The van der Waals surface area contributed by atoms with Crippen LogP contribution in [0.1, 0.15) is 12.2 Å². The van der Waals surface area contributed by atoms with E-state index in [-0.39, 0.29) is 0 Å². The summed E-state index contributed by atoms with van der Waals surface area (Å²) in [6.07, 6.45) is 0.915. The molecule has 118 valence electrons. The molecule has 0 aliphatic carbocycles. The van der Waals surface area contributed by atoms with Gasteiger partial charge in [0, 0.05) is 18.8 Å². The molecule has 0 fully saturated rings. The van der Waals surface area contributed by atoms with Crippen LogP contribution >= 0.6 is 0 Å². The molecule has 0 radical (unpaired) electrons. The van der Waals surface area contributed by atoms with Crippen molar-refractivity contribution >= 4 is 22.7 Å². The monoisotopic (exact) mass is 307 g/mol. The maximum absolute atomic E-state index is 5.91. The average Bonchev–Trinajstić information content (AvgIpc) is 2.88. The van der Waals surface area contributed by atoms with E-state index >= 15 is 0 Å². The van der Waals surface area contributed by atoms with Crippen molar-refractivity contribution in [2.75, 3.05) is 11.9 Å². The van der Waals surface area contributed by atoms with Gasteiger partial charge in [0.15, 0.2) is 5.96 Å². The molecule has 0 spiro atoms. The first-order valence-electron chi connectivity index (χ1n) is 7.78. The molecule has 2 aromatic carbocycles. The first-order valence-corrected chi connectivity index (χ1v) is 7.78. The SMILES string of the molecule is Cc1nc2ccccc2n1CCCN=C(N)Nc1ccccc1. The number of fused-ring (bicyclic) bond motifs is 1. The van der Waals surface area contributed by atoms with Gasteiger partial charge in [0.05, 0.1) is 11.0 Å². The number of para-hydroxylation sites is 3. The van der Waals surface area contributed by atoms with Crippen molar-refractivity contribution in [3.8, 4) is 0 Å². The van der Waals surface area contributed by atoms with E-state index in [1.54, 1.807) is 0 Å². The van der Waals surface area contributed by atoms with Crippen molar-refractivity contribution in [1.82, 2.24) is 9.55 Å². The number of benzene rings is 2. The van der Waals surface area contributed by atoms with Gasteiger partial charge in [0.1, 0.15) is 5.82 Å². The lowest BCUT2D eigenvalue weighted by Gasteiger charge is -2.07. The highest BCUT2D eigenvalue weighted by Gasteiger charge is 2.05. The van der Waals surface area contributed by atoms with Crippen LogP contribution in [0.5, 0.6) is 0 Å². The largest absolute Gasteiger partial charge is 0.370 e. The minimum absolute atomic E-state index is 0.448. The third-order valence-electron chi connectivity index (χ3n) is 3.71. The predicted molar refractivity (Wildman–Crippen MR) is 95.6 cm³/mol. The second-order valence-electron chi connectivity index (χ2n) is 5.41. The standard InChI is InChI=1S/C18H21N5/c1-14-21-16-10-5-6-11-17(16)23(14)13-7-12-20-18(19)22-15-8-3-2-4-9-15/h2-6,8-11H,7,12-13H2,1H3,(H3,19,20,22). The number of nitrogens with one attached hydrogen (secondary N) is 1. The normalized spacial score (nSPS) is 11.8. The van der Waals surface area contributed by atoms with Crippen LogP contribution in [0, 0.1) is 6.92 Å². The Kier molecular flexibility index (Phi) is 4.57. The Hall–Kier alpha value is -2.82. The number of aryl methyl sites for hydroxylation is 2. The van der Waals surface area contributed by atoms with Crippen molar-refractivity contribution in [3.63, 3.8) is 0 Å². The molecule has 3 N–H and O–H groups in total. The molecule has 0 saturated heterocycles. The van der Waals surface area contributed by atoms with Crippen LogP contribution < -0.4 is 11.1 Å². The molecule has 23 heavy (non-hydrogen) atoms. The second kappa shape index (κ2) is 6.96. The minimum Gasteiger partial charge on any atom is -0.370 e. The summed E-state index contributed by atoms with van der Waals surface area (Å²) in [5, 5.41) is 3.09. The highest BCUT2D eigenvalue weighted by Crippen LogP contribution is 2.15. The van der Waals surface area contributed by atoms with E-state index in [1.807, 2.05) is 55.5 Å². The number of nitrogens with two attached hydrogens (primary N) is 1. The highest BCUT2D eigenvalue weighted by atomic mass is 15.1. The van der Waals surface area contributed by atoms with E-state index in [4.69, 9.17) is 5.73 Å². The Morgan fingerprint density at radius 1 is 1.13 bits per heavy atom. The van der Waals surface area contributed by atoms with Crippen LogP contribution in [0.4, 0.5) is 5.69 Å². The van der Waals surface area contributed by atoms with Crippen LogP contribution in [0.3, 0.4) is 0 Å². The van der Waals surface area contributed by atoms with Crippen LogP contribution in [0.15, 0.2) is 59.6 Å². The van der Waals surface area contributed by atoms with Gasteiger partial charge < -0.3 is 15.6 Å². The van der Waals surface area contributed by atoms with E-state index in [9.17, 15) is 0 Å². The molecule has 0 unspecified atom stereocenters. The summed E-state index contributed by atoms with van der Waals surface area (Å²) in [7, 11) is 0. The number of nitrogens with zero attached hydrogens (tertiary/aromatic N) is 3. The van der Waals surface area contributed by atoms with Crippen molar-refractivity contribution in [1.29, 1.82) is 0 Å².